The molecule has 1 saturated carbocycles. The summed E-state index contributed by atoms with van der Waals surface area (Å²) in [6, 6.07) is 9.18. The molecule has 1 fully saturated rings. The molecule has 2 aliphatic rings. The number of aldehydes is 1. The van der Waals surface area contributed by atoms with Crippen molar-refractivity contribution in [2.45, 2.75) is 51.5 Å². The second-order valence-electron chi connectivity index (χ2n) is 6.35. The maximum Gasteiger partial charge on any atom is 0.127 e. The van der Waals surface area contributed by atoms with Crippen LogP contribution in [0, 0.1) is 5.41 Å². The number of anilines is 1. The fraction of sp³-hybridized carbons (Fsp3) is 0.588. The van der Waals surface area contributed by atoms with Crippen molar-refractivity contribution < 1.29 is 4.79 Å². The second kappa shape index (κ2) is 4.99. The Bertz CT molecular complexity index is 462. The molecule has 0 amide bonds. The van der Waals surface area contributed by atoms with Gasteiger partial charge in [0.2, 0.25) is 0 Å². The molecule has 0 saturated heterocycles. The van der Waals surface area contributed by atoms with Crippen molar-refractivity contribution in [3.8, 4) is 0 Å². The van der Waals surface area contributed by atoms with E-state index in [1.165, 1.54) is 36.8 Å². The molecule has 1 heterocycles. The highest BCUT2D eigenvalue weighted by Crippen LogP contribution is 2.40. The van der Waals surface area contributed by atoms with Gasteiger partial charge in [0.15, 0.2) is 0 Å². The van der Waals surface area contributed by atoms with Crippen LogP contribution in [0.3, 0.4) is 0 Å². The van der Waals surface area contributed by atoms with Crippen molar-refractivity contribution in [2.75, 3.05) is 11.4 Å². The molecule has 0 radical (unpaired) electrons. The lowest BCUT2D eigenvalue weighted by Crippen LogP contribution is -2.42. The zero-order valence-electron chi connectivity index (χ0n) is 11.8. The Hall–Kier alpha value is -1.31. The number of hydrogen-bond acceptors (Lipinski definition) is 2. The molecule has 1 aliphatic heterocycles. The normalized spacial score (nSPS) is 25.1. The minimum Gasteiger partial charge on any atom is -0.367 e. The fourth-order valence-electron chi connectivity index (χ4n) is 3.78. The van der Waals surface area contributed by atoms with Crippen LogP contribution in [-0.2, 0) is 11.2 Å². The molecule has 1 aromatic rings. The molecule has 3 rings (SSSR count). The van der Waals surface area contributed by atoms with Crippen molar-refractivity contribution in [2.24, 2.45) is 5.41 Å². The van der Waals surface area contributed by atoms with E-state index in [9.17, 15) is 4.79 Å². The number of nitrogens with zero attached hydrogens (tertiary/aromatic N) is 1. The number of fused-ring (bicyclic) bond motifs is 1. The third-order valence-electron chi connectivity index (χ3n) is 4.93. The SMILES string of the molecule is CC1Cc2ccccc2N1CC1(C=O)CCCCC1. The van der Waals surface area contributed by atoms with Crippen LogP contribution in [-0.4, -0.2) is 18.9 Å². The van der Waals surface area contributed by atoms with Crippen molar-refractivity contribution in [1.29, 1.82) is 0 Å². The Balaban J connectivity index is 1.84. The standard InChI is InChI=1S/C17H23NO/c1-14-11-15-7-3-4-8-16(15)18(14)12-17(13-19)9-5-2-6-10-17/h3-4,7-8,13-14H,2,5-6,9-12H2,1H3. The maximum absolute atomic E-state index is 11.7. The van der Waals surface area contributed by atoms with Crippen molar-refractivity contribution >= 4 is 12.0 Å². The first-order valence-corrected chi connectivity index (χ1v) is 7.55. The van der Waals surface area contributed by atoms with Crippen LogP contribution >= 0.6 is 0 Å². The van der Waals surface area contributed by atoms with Gasteiger partial charge >= 0.3 is 0 Å². The van der Waals surface area contributed by atoms with E-state index < -0.39 is 0 Å². The van der Waals surface area contributed by atoms with Crippen LogP contribution in [0.4, 0.5) is 5.69 Å². The van der Waals surface area contributed by atoms with Gasteiger partial charge in [0.05, 0.1) is 0 Å². The lowest BCUT2D eigenvalue weighted by molar-refractivity contribution is -0.117. The van der Waals surface area contributed by atoms with Gasteiger partial charge in [0.1, 0.15) is 6.29 Å². The van der Waals surface area contributed by atoms with E-state index in [0.29, 0.717) is 6.04 Å². The topological polar surface area (TPSA) is 20.3 Å². The van der Waals surface area contributed by atoms with Crippen LogP contribution in [0.5, 0.6) is 0 Å². The van der Waals surface area contributed by atoms with E-state index in [1.54, 1.807) is 0 Å². The summed E-state index contributed by atoms with van der Waals surface area (Å²) < 4.78 is 0. The first kappa shape index (κ1) is 12.7. The molecular weight excluding hydrogens is 234 g/mol. The number of carbonyl (C=O) groups excluding carboxylic acids is 1. The number of rotatable bonds is 3. The summed E-state index contributed by atoms with van der Waals surface area (Å²) >= 11 is 0. The smallest absolute Gasteiger partial charge is 0.127 e. The second-order valence-corrected chi connectivity index (χ2v) is 6.35. The van der Waals surface area contributed by atoms with Crippen LogP contribution in [0.2, 0.25) is 0 Å². The number of para-hydroxylation sites is 1. The van der Waals surface area contributed by atoms with Crippen molar-refractivity contribution in [3.63, 3.8) is 0 Å². The first-order valence-electron chi connectivity index (χ1n) is 7.55. The lowest BCUT2D eigenvalue weighted by atomic mass is 9.74. The van der Waals surface area contributed by atoms with Crippen molar-refractivity contribution in [3.05, 3.63) is 29.8 Å². The molecule has 1 aromatic carbocycles. The summed E-state index contributed by atoms with van der Waals surface area (Å²) in [4.78, 5) is 14.1. The van der Waals surface area contributed by atoms with Gasteiger partial charge in [0.25, 0.3) is 0 Å². The van der Waals surface area contributed by atoms with Crippen molar-refractivity contribution in [1.82, 2.24) is 0 Å². The van der Waals surface area contributed by atoms with Gasteiger partial charge in [-0.1, -0.05) is 37.5 Å². The molecule has 0 aromatic heterocycles. The molecule has 0 bridgehead atoms. The van der Waals surface area contributed by atoms with E-state index in [1.807, 2.05) is 0 Å². The fourth-order valence-corrected chi connectivity index (χ4v) is 3.78. The van der Waals surface area contributed by atoms with Gasteiger partial charge in [-0.15, -0.1) is 0 Å². The van der Waals surface area contributed by atoms with Gasteiger partial charge in [-0.25, -0.2) is 0 Å². The monoisotopic (exact) mass is 257 g/mol. The molecule has 19 heavy (non-hydrogen) atoms. The molecule has 1 aliphatic carbocycles. The third kappa shape index (κ3) is 2.29. The number of carbonyl (C=O) groups is 1. The Morgan fingerprint density at radius 1 is 1.26 bits per heavy atom. The Morgan fingerprint density at radius 2 is 2.00 bits per heavy atom. The van der Waals surface area contributed by atoms with Crippen LogP contribution in [0.15, 0.2) is 24.3 Å². The molecule has 2 nitrogen and oxygen atoms in total. The minimum absolute atomic E-state index is 0.0933. The van der Waals surface area contributed by atoms with Crippen LogP contribution in [0.25, 0.3) is 0 Å². The van der Waals surface area contributed by atoms with E-state index in [-0.39, 0.29) is 5.41 Å². The summed E-state index contributed by atoms with van der Waals surface area (Å²) in [7, 11) is 0. The Morgan fingerprint density at radius 3 is 2.74 bits per heavy atom. The number of benzene rings is 1. The summed E-state index contributed by atoms with van der Waals surface area (Å²) in [6.45, 7) is 3.19. The van der Waals surface area contributed by atoms with Gasteiger partial charge in [0, 0.05) is 23.7 Å². The quantitative estimate of drug-likeness (QED) is 0.771. The average Bonchev–Trinajstić information content (AvgIpc) is 2.76. The lowest BCUT2D eigenvalue weighted by Gasteiger charge is -2.38. The highest BCUT2D eigenvalue weighted by Gasteiger charge is 2.37. The molecule has 0 N–H and O–H groups in total. The minimum atomic E-state index is -0.0933. The highest BCUT2D eigenvalue weighted by molar-refractivity contribution is 5.65. The summed E-state index contributed by atoms with van der Waals surface area (Å²) in [6.07, 6.45) is 8.22. The highest BCUT2D eigenvalue weighted by atomic mass is 16.1. The molecule has 2 heteroatoms. The van der Waals surface area contributed by atoms with E-state index in [0.717, 1.165) is 25.8 Å². The average molecular weight is 257 g/mol. The molecule has 1 unspecified atom stereocenters. The van der Waals surface area contributed by atoms with Gasteiger partial charge < -0.3 is 9.69 Å². The third-order valence-corrected chi connectivity index (χ3v) is 4.93. The van der Waals surface area contributed by atoms with Gasteiger partial charge in [-0.3, -0.25) is 0 Å². The Kier molecular flexibility index (Phi) is 3.34. The summed E-state index contributed by atoms with van der Waals surface area (Å²) in [5.41, 5.74) is 2.69. The molecular formula is C17H23NO. The first-order chi connectivity index (χ1) is 9.24. The van der Waals surface area contributed by atoms with Crippen LogP contribution in [0.1, 0.15) is 44.6 Å². The molecule has 0 spiro atoms. The largest absolute Gasteiger partial charge is 0.367 e. The zero-order chi connectivity index (χ0) is 13.3. The van der Waals surface area contributed by atoms with E-state index >= 15 is 0 Å². The van der Waals surface area contributed by atoms with E-state index in [2.05, 4.69) is 36.1 Å². The summed E-state index contributed by atoms with van der Waals surface area (Å²) in [5, 5.41) is 0. The zero-order valence-corrected chi connectivity index (χ0v) is 11.8. The maximum atomic E-state index is 11.7. The van der Waals surface area contributed by atoms with E-state index in [4.69, 9.17) is 0 Å². The predicted molar refractivity (Wildman–Crippen MR) is 78.5 cm³/mol. The van der Waals surface area contributed by atoms with Gasteiger partial charge in [-0.2, -0.15) is 0 Å². The number of hydrogen-bond donors (Lipinski definition) is 0. The van der Waals surface area contributed by atoms with Crippen LogP contribution < -0.4 is 4.90 Å². The Labute approximate surface area is 115 Å². The van der Waals surface area contributed by atoms with Gasteiger partial charge in [-0.05, 0) is 37.8 Å². The molecule has 102 valence electrons. The molecule has 1 atom stereocenters. The predicted octanol–water partition coefficient (Wildman–Crippen LogP) is 3.59. The summed E-state index contributed by atoms with van der Waals surface area (Å²) in [5.74, 6) is 0.